The van der Waals surface area contributed by atoms with Crippen LogP contribution in [0.1, 0.15) is 6.42 Å². The lowest BCUT2D eigenvalue weighted by atomic mass is 10.2. The van der Waals surface area contributed by atoms with Crippen LogP contribution in [-0.4, -0.2) is 34.8 Å². The minimum atomic E-state index is -5.18. The molecule has 9 heteroatoms. The number of nitrogens with two attached hydrogens (primary N) is 2. The van der Waals surface area contributed by atoms with E-state index in [0.29, 0.717) is 0 Å². The second-order valence-corrected chi connectivity index (χ2v) is 3.89. The molecular weight excluding hydrogens is 204 g/mol. The predicted octanol–water partition coefficient (Wildman–Crippen LogP) is -3.08. The summed E-state index contributed by atoms with van der Waals surface area (Å²) in [6.45, 7) is 0. The van der Waals surface area contributed by atoms with Crippen molar-refractivity contribution in [1.82, 2.24) is 0 Å². The molecule has 0 spiro atoms. The maximum atomic E-state index is 10.4. The summed E-state index contributed by atoms with van der Waals surface area (Å²) in [5.41, 5.74) is 9.00. The number of aliphatic hydroxyl groups is 1. The normalized spacial score (nSPS) is 16.2. The van der Waals surface area contributed by atoms with E-state index in [0.717, 1.165) is 0 Å². The highest BCUT2D eigenvalue weighted by Crippen LogP contribution is 2.16. The number of amides is 2. The SMILES string of the molecule is NC(=O)CC(O)(C(N)=O)S(=O)(=O)O. The van der Waals surface area contributed by atoms with Gasteiger partial charge in [0.15, 0.2) is 0 Å². The molecule has 0 saturated carbocycles. The monoisotopic (exact) mass is 212 g/mol. The fourth-order valence-corrected chi connectivity index (χ4v) is 1.12. The molecule has 0 heterocycles. The molecule has 0 aromatic carbocycles. The molecule has 8 nitrogen and oxygen atoms in total. The Hall–Kier alpha value is -1.19. The molecular formula is C4H8N2O6S. The molecule has 0 radical (unpaired) electrons. The van der Waals surface area contributed by atoms with Crippen molar-refractivity contribution in [2.75, 3.05) is 0 Å². The van der Waals surface area contributed by atoms with Crippen LogP contribution in [0.2, 0.25) is 0 Å². The highest BCUT2D eigenvalue weighted by molar-refractivity contribution is 7.87. The molecule has 0 aromatic rings. The van der Waals surface area contributed by atoms with Gasteiger partial charge in [-0.1, -0.05) is 0 Å². The van der Waals surface area contributed by atoms with Crippen molar-refractivity contribution in [2.24, 2.45) is 11.5 Å². The van der Waals surface area contributed by atoms with Crippen LogP contribution in [0.5, 0.6) is 0 Å². The average Bonchev–Trinajstić information content (AvgIpc) is 1.82. The van der Waals surface area contributed by atoms with Gasteiger partial charge >= 0.3 is 10.1 Å². The summed E-state index contributed by atoms with van der Waals surface area (Å²) in [5, 5.41) is 8.98. The van der Waals surface area contributed by atoms with Crippen LogP contribution in [0.15, 0.2) is 0 Å². The van der Waals surface area contributed by atoms with Crippen LogP contribution in [0.4, 0.5) is 0 Å². The number of rotatable bonds is 4. The van der Waals surface area contributed by atoms with Crippen LogP contribution in [0.3, 0.4) is 0 Å². The Morgan fingerprint density at radius 3 is 1.77 bits per heavy atom. The van der Waals surface area contributed by atoms with Crippen LogP contribution >= 0.6 is 0 Å². The van der Waals surface area contributed by atoms with Crippen LogP contribution < -0.4 is 11.5 Å². The second-order valence-electron chi connectivity index (χ2n) is 2.27. The molecule has 0 aliphatic rings. The van der Waals surface area contributed by atoms with Gasteiger partial charge in [-0.25, -0.2) is 0 Å². The molecule has 0 saturated heterocycles. The lowest BCUT2D eigenvalue weighted by Crippen LogP contribution is -2.52. The number of primary amides is 2. The van der Waals surface area contributed by atoms with E-state index in [1.807, 2.05) is 0 Å². The van der Waals surface area contributed by atoms with E-state index < -0.39 is 33.3 Å². The molecule has 1 atom stereocenters. The van der Waals surface area contributed by atoms with E-state index in [2.05, 4.69) is 11.5 Å². The summed E-state index contributed by atoms with van der Waals surface area (Å²) in [6.07, 6.45) is -1.29. The number of carbonyl (C=O) groups excluding carboxylic acids is 2. The molecule has 1 unspecified atom stereocenters. The van der Waals surface area contributed by atoms with Crippen molar-refractivity contribution in [1.29, 1.82) is 0 Å². The van der Waals surface area contributed by atoms with E-state index in [1.165, 1.54) is 0 Å². The molecule has 0 rings (SSSR count). The third-order valence-corrected chi connectivity index (χ3v) is 2.42. The zero-order valence-electron chi connectivity index (χ0n) is 6.30. The Bertz CT molecular complexity index is 335. The van der Waals surface area contributed by atoms with Crippen LogP contribution in [0, 0.1) is 0 Å². The first kappa shape index (κ1) is 11.8. The average molecular weight is 212 g/mol. The lowest BCUT2D eigenvalue weighted by Gasteiger charge is -2.18. The summed E-state index contributed by atoms with van der Waals surface area (Å²) in [6, 6.07) is 0. The molecule has 0 aliphatic carbocycles. The molecule has 0 aromatic heterocycles. The Balaban J connectivity index is 5.21. The maximum absolute atomic E-state index is 10.4. The third-order valence-electron chi connectivity index (χ3n) is 1.23. The van der Waals surface area contributed by atoms with Crippen molar-refractivity contribution in [3.05, 3.63) is 0 Å². The zero-order valence-corrected chi connectivity index (χ0v) is 7.11. The molecule has 0 fully saturated rings. The summed E-state index contributed by atoms with van der Waals surface area (Å²) in [4.78, 5) is 17.3. The van der Waals surface area contributed by atoms with E-state index in [1.54, 1.807) is 0 Å². The fraction of sp³-hybridized carbons (Fsp3) is 0.500. The predicted molar refractivity (Wildman–Crippen MR) is 39.5 cm³/mol. The Kier molecular flexibility index (Phi) is 2.98. The van der Waals surface area contributed by atoms with E-state index in [-0.39, 0.29) is 0 Å². The Morgan fingerprint density at radius 1 is 1.31 bits per heavy atom. The van der Waals surface area contributed by atoms with E-state index in [9.17, 15) is 18.0 Å². The third kappa shape index (κ3) is 2.37. The highest BCUT2D eigenvalue weighted by atomic mass is 32.2. The van der Waals surface area contributed by atoms with Gasteiger partial charge in [0.25, 0.3) is 10.8 Å². The van der Waals surface area contributed by atoms with Gasteiger partial charge in [-0.05, 0) is 0 Å². The van der Waals surface area contributed by atoms with E-state index in [4.69, 9.17) is 9.66 Å². The highest BCUT2D eigenvalue weighted by Gasteiger charge is 2.48. The van der Waals surface area contributed by atoms with Gasteiger partial charge < -0.3 is 16.6 Å². The smallest absolute Gasteiger partial charge is 0.305 e. The number of carbonyl (C=O) groups is 2. The van der Waals surface area contributed by atoms with Crippen molar-refractivity contribution in [3.63, 3.8) is 0 Å². The zero-order chi connectivity index (χ0) is 10.9. The first-order valence-electron chi connectivity index (χ1n) is 2.89. The van der Waals surface area contributed by atoms with Crippen LogP contribution in [-0.2, 0) is 19.7 Å². The quantitative estimate of drug-likeness (QED) is 0.361. The second kappa shape index (κ2) is 3.28. The first-order valence-corrected chi connectivity index (χ1v) is 4.33. The molecule has 0 aliphatic heterocycles. The largest absolute Gasteiger partial charge is 0.370 e. The number of hydrogen-bond acceptors (Lipinski definition) is 5. The van der Waals surface area contributed by atoms with Gasteiger partial charge in [0.1, 0.15) is 0 Å². The summed E-state index contributed by atoms with van der Waals surface area (Å²) in [5.74, 6) is -3.06. The maximum Gasteiger partial charge on any atom is 0.305 e. The topological polar surface area (TPSA) is 161 Å². The van der Waals surface area contributed by atoms with Gasteiger partial charge in [0.05, 0.1) is 6.42 Å². The van der Waals surface area contributed by atoms with Crippen molar-refractivity contribution in [3.8, 4) is 0 Å². The fourth-order valence-electron chi connectivity index (χ4n) is 0.542. The summed E-state index contributed by atoms with van der Waals surface area (Å²) >= 11 is 0. The van der Waals surface area contributed by atoms with Gasteiger partial charge in [-0.3, -0.25) is 14.1 Å². The standard InChI is InChI=1S/C4H8N2O6S/c5-2(7)1-4(9,3(6)8)13(10,11)12/h9H,1H2,(H2,5,7)(H2,6,8)(H,10,11,12). The summed E-state index contributed by atoms with van der Waals surface area (Å²) in [7, 11) is -5.18. The van der Waals surface area contributed by atoms with Gasteiger partial charge in [0.2, 0.25) is 5.91 Å². The molecule has 0 bridgehead atoms. The van der Waals surface area contributed by atoms with E-state index >= 15 is 0 Å². The van der Waals surface area contributed by atoms with Gasteiger partial charge in [-0.15, -0.1) is 0 Å². The van der Waals surface area contributed by atoms with Gasteiger partial charge in [-0.2, -0.15) is 8.42 Å². The molecule has 13 heavy (non-hydrogen) atoms. The van der Waals surface area contributed by atoms with Crippen molar-refractivity contribution in [2.45, 2.75) is 11.4 Å². The molecule has 6 N–H and O–H groups in total. The van der Waals surface area contributed by atoms with Crippen molar-refractivity contribution >= 4 is 21.9 Å². The number of hydrogen-bond donors (Lipinski definition) is 4. The molecule has 76 valence electrons. The summed E-state index contributed by atoms with van der Waals surface area (Å²) < 4.78 is 29.2. The minimum absolute atomic E-state index is 1.29. The first-order chi connectivity index (χ1) is 5.61. The Morgan fingerprint density at radius 2 is 1.69 bits per heavy atom. The minimum Gasteiger partial charge on any atom is -0.370 e. The van der Waals surface area contributed by atoms with Crippen molar-refractivity contribution < 1.29 is 27.7 Å². The van der Waals surface area contributed by atoms with Gasteiger partial charge in [0, 0.05) is 0 Å². The Labute approximate surface area is 73.3 Å². The molecule has 2 amide bonds. The van der Waals surface area contributed by atoms with Crippen LogP contribution in [0.25, 0.3) is 0 Å². The lowest BCUT2D eigenvalue weighted by molar-refractivity contribution is -0.134.